The van der Waals surface area contributed by atoms with E-state index in [1.807, 2.05) is 4.90 Å². The van der Waals surface area contributed by atoms with Crippen molar-refractivity contribution in [2.45, 2.75) is 17.4 Å². The monoisotopic (exact) mass is 387 g/mol. The Hall–Kier alpha value is -2.89. The Morgan fingerprint density at radius 2 is 2.04 bits per heavy atom. The average Bonchev–Trinajstić information content (AvgIpc) is 3.31. The maximum absolute atomic E-state index is 11.1. The fraction of sp³-hybridized carbons (Fsp3) is 0.250. The highest BCUT2D eigenvalue weighted by Gasteiger charge is 2.25. The molecule has 0 amide bonds. The molecule has 4 rings (SSSR count). The van der Waals surface area contributed by atoms with Gasteiger partial charge in [-0.25, -0.2) is 14.2 Å². The molecule has 27 heavy (non-hydrogen) atoms. The van der Waals surface area contributed by atoms with Crippen molar-refractivity contribution in [2.75, 3.05) is 23.7 Å². The molecule has 0 spiro atoms. The lowest BCUT2D eigenvalue weighted by Gasteiger charge is -2.10. The lowest BCUT2D eigenvalue weighted by atomic mass is 10.1. The summed E-state index contributed by atoms with van der Waals surface area (Å²) in [7, 11) is 0. The van der Waals surface area contributed by atoms with Crippen LogP contribution in [0.5, 0.6) is 0 Å². The summed E-state index contributed by atoms with van der Waals surface area (Å²) in [5, 5.41) is 8.09. The van der Waals surface area contributed by atoms with E-state index in [4.69, 9.17) is 20.4 Å². The van der Waals surface area contributed by atoms with Crippen molar-refractivity contribution < 1.29 is 13.2 Å². The molecule has 140 valence electrons. The Kier molecular flexibility index (Phi) is 4.56. The van der Waals surface area contributed by atoms with Crippen molar-refractivity contribution in [2.24, 2.45) is 5.73 Å². The van der Waals surface area contributed by atoms with Gasteiger partial charge in [0, 0.05) is 24.7 Å². The van der Waals surface area contributed by atoms with Crippen LogP contribution in [-0.4, -0.2) is 48.1 Å². The molecule has 1 aliphatic heterocycles. The first-order chi connectivity index (χ1) is 13.0. The van der Waals surface area contributed by atoms with Crippen molar-refractivity contribution >= 4 is 22.9 Å². The smallest absolute Gasteiger partial charge is 0.318 e. The number of nitrogens with zero attached hydrogens (tertiary/aromatic N) is 5. The van der Waals surface area contributed by atoms with Gasteiger partial charge in [0.05, 0.1) is 16.8 Å². The van der Waals surface area contributed by atoms with E-state index in [1.165, 1.54) is 6.20 Å². The Bertz CT molecular complexity index is 992. The van der Waals surface area contributed by atoms with E-state index in [0.717, 1.165) is 13.0 Å². The molecule has 10 nitrogen and oxygen atoms in total. The van der Waals surface area contributed by atoms with Gasteiger partial charge in [0.1, 0.15) is 0 Å². The molecule has 3 heterocycles. The van der Waals surface area contributed by atoms with E-state index < -0.39 is 11.1 Å². The highest BCUT2D eigenvalue weighted by Crippen LogP contribution is 2.28. The summed E-state index contributed by atoms with van der Waals surface area (Å²) in [6.45, 7) is 1.41. The maximum Gasteiger partial charge on any atom is 0.318 e. The van der Waals surface area contributed by atoms with Gasteiger partial charge in [-0.1, -0.05) is 17.2 Å². The summed E-state index contributed by atoms with van der Waals surface area (Å²) >= 11 is -2.04. The van der Waals surface area contributed by atoms with Gasteiger partial charge in [-0.05, 0) is 18.6 Å². The Labute approximate surface area is 156 Å². The van der Waals surface area contributed by atoms with Gasteiger partial charge in [0.25, 0.3) is 5.89 Å². The van der Waals surface area contributed by atoms with Gasteiger partial charge in [0.15, 0.2) is 22.6 Å². The van der Waals surface area contributed by atoms with Crippen molar-refractivity contribution in [1.82, 2.24) is 20.2 Å². The Morgan fingerprint density at radius 1 is 1.26 bits per heavy atom. The van der Waals surface area contributed by atoms with Crippen molar-refractivity contribution in [1.29, 1.82) is 0 Å². The molecule has 1 aliphatic rings. The number of nitrogens with two attached hydrogens (primary N) is 2. The number of hydrogen-bond donors (Lipinski definition) is 3. The number of nitrogen functional groups attached to an aromatic ring is 1. The van der Waals surface area contributed by atoms with Gasteiger partial charge in [0.2, 0.25) is 0 Å². The van der Waals surface area contributed by atoms with Crippen LogP contribution in [0.2, 0.25) is 0 Å². The SMILES string of the molecule is Nc1ncc(-c2ccc(S(=O)O)cc2)nc1-c1nnc(N2CCC(N)C2)o1. The predicted molar refractivity (Wildman–Crippen MR) is 99.0 cm³/mol. The Balaban J connectivity index is 1.65. The first-order valence-electron chi connectivity index (χ1n) is 8.19. The zero-order valence-electron chi connectivity index (χ0n) is 14.1. The van der Waals surface area contributed by atoms with Gasteiger partial charge in [-0.3, -0.25) is 0 Å². The van der Waals surface area contributed by atoms with Crippen molar-refractivity contribution in [3.05, 3.63) is 30.5 Å². The minimum atomic E-state index is -2.04. The van der Waals surface area contributed by atoms with E-state index in [2.05, 4.69) is 20.2 Å². The van der Waals surface area contributed by atoms with Crippen LogP contribution in [0.4, 0.5) is 11.8 Å². The second-order valence-corrected chi connectivity index (χ2v) is 7.12. The quantitative estimate of drug-likeness (QED) is 0.549. The third kappa shape index (κ3) is 3.52. The highest BCUT2D eigenvalue weighted by atomic mass is 32.2. The molecule has 0 radical (unpaired) electrons. The second-order valence-electron chi connectivity index (χ2n) is 6.15. The molecule has 1 fully saturated rings. The van der Waals surface area contributed by atoms with E-state index in [9.17, 15) is 4.21 Å². The first-order valence-corrected chi connectivity index (χ1v) is 9.30. The molecular formula is C16H17N7O3S. The Morgan fingerprint density at radius 3 is 2.70 bits per heavy atom. The van der Waals surface area contributed by atoms with Crippen LogP contribution in [0.3, 0.4) is 0 Å². The minimum Gasteiger partial charge on any atom is -0.401 e. The van der Waals surface area contributed by atoms with E-state index in [0.29, 0.717) is 28.7 Å². The molecule has 3 aromatic rings. The number of anilines is 2. The van der Waals surface area contributed by atoms with E-state index >= 15 is 0 Å². The third-order valence-electron chi connectivity index (χ3n) is 4.26. The summed E-state index contributed by atoms with van der Waals surface area (Å²) in [6.07, 6.45) is 2.38. The summed E-state index contributed by atoms with van der Waals surface area (Å²) in [5.74, 6) is 0.338. The average molecular weight is 387 g/mol. The first kappa shape index (κ1) is 17.5. The number of aromatic nitrogens is 4. The lowest BCUT2D eigenvalue weighted by molar-refractivity contribution is 0.554. The van der Waals surface area contributed by atoms with Crippen LogP contribution < -0.4 is 16.4 Å². The summed E-state index contributed by atoms with van der Waals surface area (Å²) in [5.41, 5.74) is 13.4. The molecule has 11 heteroatoms. The maximum atomic E-state index is 11.1. The topological polar surface area (TPSA) is 157 Å². The van der Waals surface area contributed by atoms with Gasteiger partial charge >= 0.3 is 6.01 Å². The van der Waals surface area contributed by atoms with E-state index in [1.54, 1.807) is 24.3 Å². The highest BCUT2D eigenvalue weighted by molar-refractivity contribution is 7.79. The fourth-order valence-electron chi connectivity index (χ4n) is 2.84. The van der Waals surface area contributed by atoms with Crippen LogP contribution >= 0.6 is 0 Å². The molecule has 0 saturated carbocycles. The fourth-order valence-corrected chi connectivity index (χ4v) is 3.21. The van der Waals surface area contributed by atoms with Gasteiger partial charge in [-0.2, -0.15) is 0 Å². The minimum absolute atomic E-state index is 0.0877. The molecule has 2 aromatic heterocycles. The van der Waals surface area contributed by atoms with Gasteiger partial charge in [-0.15, -0.1) is 5.10 Å². The van der Waals surface area contributed by atoms with Gasteiger partial charge < -0.3 is 25.3 Å². The van der Waals surface area contributed by atoms with Crippen molar-refractivity contribution in [3.63, 3.8) is 0 Å². The predicted octanol–water partition coefficient (Wildman–Crippen LogP) is 0.894. The molecule has 2 unspecified atom stereocenters. The van der Waals surface area contributed by atoms with Crippen LogP contribution in [-0.2, 0) is 11.1 Å². The molecule has 0 bridgehead atoms. The van der Waals surface area contributed by atoms with Crippen LogP contribution in [0.15, 0.2) is 39.8 Å². The van der Waals surface area contributed by atoms with Crippen LogP contribution in [0.25, 0.3) is 22.8 Å². The summed E-state index contributed by atoms with van der Waals surface area (Å²) < 4.78 is 25.9. The second kappa shape index (κ2) is 7.02. The summed E-state index contributed by atoms with van der Waals surface area (Å²) in [6, 6.07) is 6.91. The number of rotatable bonds is 4. The molecule has 1 aromatic carbocycles. The molecule has 2 atom stereocenters. The molecule has 0 aliphatic carbocycles. The third-order valence-corrected chi connectivity index (χ3v) is 4.94. The normalized spacial score (nSPS) is 18.0. The zero-order chi connectivity index (χ0) is 19.0. The van der Waals surface area contributed by atoms with Crippen molar-refractivity contribution in [3.8, 4) is 22.8 Å². The molecule has 5 N–H and O–H groups in total. The standard InChI is InChI=1S/C16H17N7O3S/c17-10-5-6-23(8-10)16-22-21-15(26-16)13-14(18)19-7-12(20-13)9-1-3-11(4-2-9)27(24)25/h1-4,7,10H,5-6,8,17H2,(H2,18,19)(H,24,25). The van der Waals surface area contributed by atoms with Crippen LogP contribution in [0.1, 0.15) is 6.42 Å². The molecular weight excluding hydrogens is 370 g/mol. The summed E-state index contributed by atoms with van der Waals surface area (Å²) in [4.78, 5) is 10.8. The van der Waals surface area contributed by atoms with E-state index in [-0.39, 0.29) is 23.4 Å². The lowest BCUT2D eigenvalue weighted by Crippen LogP contribution is -2.26. The number of hydrogen-bond acceptors (Lipinski definition) is 9. The number of benzene rings is 1. The van der Waals surface area contributed by atoms with Crippen LogP contribution in [0, 0.1) is 0 Å². The molecule has 1 saturated heterocycles. The zero-order valence-corrected chi connectivity index (χ0v) is 15.0. The largest absolute Gasteiger partial charge is 0.401 e.